The second-order valence-electron chi connectivity index (χ2n) is 7.41. The van der Waals surface area contributed by atoms with Crippen LogP contribution in [-0.2, 0) is 0 Å². The molecule has 0 saturated heterocycles. The number of amides is 2. The van der Waals surface area contributed by atoms with Gasteiger partial charge in [-0.3, -0.25) is 0 Å². The number of nitrogens with zero attached hydrogens (tertiary/aromatic N) is 2. The van der Waals surface area contributed by atoms with E-state index in [1.54, 1.807) is 40.3 Å². The Bertz CT molecular complexity index is 604. The molecule has 0 fully saturated rings. The number of aliphatic hydroxyl groups excluding tert-OH is 1. The number of hydrogen-bond donors (Lipinski definition) is 2. The average Bonchev–Trinajstić information content (AvgIpc) is 2.51. The van der Waals surface area contributed by atoms with Crippen LogP contribution in [0.4, 0.5) is 9.59 Å². The van der Waals surface area contributed by atoms with Gasteiger partial charge in [-0.2, -0.15) is 0 Å². The van der Waals surface area contributed by atoms with Crippen molar-refractivity contribution >= 4 is 24.6 Å². The van der Waals surface area contributed by atoms with Gasteiger partial charge in [0, 0.05) is 46.3 Å². The molecule has 1 aromatic rings. The zero-order valence-electron chi connectivity index (χ0n) is 16.9. The van der Waals surface area contributed by atoms with Gasteiger partial charge in [-0.1, -0.05) is 0 Å². The number of hydrogen-bond acceptors (Lipinski definition) is 6. The van der Waals surface area contributed by atoms with E-state index in [1.165, 1.54) is 15.9 Å². The van der Waals surface area contributed by atoms with Gasteiger partial charge in [0.1, 0.15) is 11.5 Å². The van der Waals surface area contributed by atoms with Crippen molar-refractivity contribution in [2.24, 2.45) is 0 Å². The summed E-state index contributed by atoms with van der Waals surface area (Å²) in [5.74, 6) is 0.357. The predicted octanol–water partition coefficient (Wildman–Crippen LogP) is 2.65. The summed E-state index contributed by atoms with van der Waals surface area (Å²) < 4.78 is 10.5. The molecule has 0 spiro atoms. The first-order valence-electron chi connectivity index (χ1n) is 8.25. The second-order valence-corrected chi connectivity index (χ2v) is 7.41. The first-order chi connectivity index (χ1) is 11.9. The lowest BCUT2D eigenvalue weighted by Gasteiger charge is -2.23. The third-order valence-corrected chi connectivity index (χ3v) is 3.25. The summed E-state index contributed by atoms with van der Waals surface area (Å²) in [6, 6.07) is 4.52. The lowest BCUT2D eigenvalue weighted by molar-refractivity contribution is 0.159. The summed E-state index contributed by atoms with van der Waals surface area (Å²) in [7, 11) is 6.23. The number of rotatable bonds is 5. The van der Waals surface area contributed by atoms with E-state index in [-0.39, 0.29) is 36.0 Å². The fourth-order valence-corrected chi connectivity index (χ4v) is 1.81. The largest absolute Gasteiger partial charge is 0.414 e. The normalized spacial score (nSPS) is 11.9. The SMILES string of the molecule is CN(C)C(=O)Oc1cc(OC(=O)N(C)C)cc([C@H](O)CNC(C)(C)C)c1.Cl. The van der Waals surface area contributed by atoms with E-state index >= 15 is 0 Å². The molecule has 2 N–H and O–H groups in total. The molecule has 0 aliphatic heterocycles. The fourth-order valence-electron chi connectivity index (χ4n) is 1.81. The van der Waals surface area contributed by atoms with E-state index in [9.17, 15) is 14.7 Å². The quantitative estimate of drug-likeness (QED) is 0.785. The molecule has 0 saturated carbocycles. The highest BCUT2D eigenvalue weighted by Gasteiger charge is 2.18. The topological polar surface area (TPSA) is 91.3 Å². The minimum absolute atomic E-state index is 0. The summed E-state index contributed by atoms with van der Waals surface area (Å²) in [4.78, 5) is 26.2. The Morgan fingerprint density at radius 3 is 1.74 bits per heavy atom. The molecule has 0 aliphatic rings. The van der Waals surface area contributed by atoms with Gasteiger partial charge in [-0.05, 0) is 38.5 Å². The minimum atomic E-state index is -0.871. The molecule has 0 aromatic heterocycles. The van der Waals surface area contributed by atoms with Crippen LogP contribution in [0.5, 0.6) is 11.5 Å². The zero-order chi connectivity index (χ0) is 20.1. The van der Waals surface area contributed by atoms with Crippen LogP contribution in [0.2, 0.25) is 0 Å². The molecule has 8 nitrogen and oxygen atoms in total. The highest BCUT2D eigenvalue weighted by molar-refractivity contribution is 5.85. The lowest BCUT2D eigenvalue weighted by Crippen LogP contribution is -2.38. The van der Waals surface area contributed by atoms with Crippen molar-refractivity contribution in [3.63, 3.8) is 0 Å². The summed E-state index contributed by atoms with van der Waals surface area (Å²) >= 11 is 0. The van der Waals surface area contributed by atoms with Crippen LogP contribution in [0.3, 0.4) is 0 Å². The van der Waals surface area contributed by atoms with Crippen molar-refractivity contribution in [1.29, 1.82) is 0 Å². The van der Waals surface area contributed by atoms with Gasteiger partial charge in [-0.25, -0.2) is 9.59 Å². The Balaban J connectivity index is 0.00000676. The van der Waals surface area contributed by atoms with Gasteiger partial charge in [-0.15, -0.1) is 12.4 Å². The summed E-state index contributed by atoms with van der Waals surface area (Å²) in [5.41, 5.74) is 0.295. The van der Waals surface area contributed by atoms with Crippen LogP contribution in [0, 0.1) is 0 Å². The number of nitrogens with one attached hydrogen (secondary N) is 1. The Kier molecular flexibility index (Phi) is 9.56. The van der Waals surface area contributed by atoms with Gasteiger partial charge in [0.2, 0.25) is 0 Å². The Morgan fingerprint density at radius 1 is 1.00 bits per heavy atom. The van der Waals surface area contributed by atoms with E-state index in [0.717, 1.165) is 0 Å². The first kappa shape index (κ1) is 25.0. The number of aliphatic hydroxyl groups is 1. The number of halogens is 1. The maximum absolute atomic E-state index is 11.8. The molecule has 0 radical (unpaired) electrons. The molecule has 0 bridgehead atoms. The molecule has 27 heavy (non-hydrogen) atoms. The number of benzene rings is 1. The molecule has 0 unspecified atom stereocenters. The van der Waals surface area contributed by atoms with E-state index in [1.807, 2.05) is 20.8 Å². The average molecular weight is 404 g/mol. The molecular weight excluding hydrogens is 374 g/mol. The van der Waals surface area contributed by atoms with Crippen LogP contribution in [0.1, 0.15) is 32.4 Å². The molecule has 1 aromatic carbocycles. The molecular formula is C18H30ClN3O5. The summed E-state index contributed by atoms with van der Waals surface area (Å²) in [5, 5.41) is 13.7. The maximum Gasteiger partial charge on any atom is 0.414 e. The minimum Gasteiger partial charge on any atom is -0.410 e. The number of carbonyl (C=O) groups excluding carboxylic acids is 2. The summed E-state index contributed by atoms with van der Waals surface area (Å²) in [6.45, 7) is 6.24. The number of β-amino-alcohol motifs (C(OH)–C–C–N with tert-alkyl or cyclic N) is 1. The van der Waals surface area contributed by atoms with E-state index in [4.69, 9.17) is 9.47 Å². The van der Waals surface area contributed by atoms with Crippen molar-refractivity contribution in [3.8, 4) is 11.5 Å². The number of carbonyl (C=O) groups is 2. The Labute approximate surface area is 166 Å². The van der Waals surface area contributed by atoms with E-state index in [0.29, 0.717) is 5.56 Å². The smallest absolute Gasteiger partial charge is 0.410 e. The van der Waals surface area contributed by atoms with Crippen molar-refractivity contribution in [2.75, 3.05) is 34.7 Å². The van der Waals surface area contributed by atoms with Crippen LogP contribution >= 0.6 is 12.4 Å². The second kappa shape index (κ2) is 10.3. The Morgan fingerprint density at radius 2 is 1.41 bits per heavy atom. The summed E-state index contributed by atoms with van der Waals surface area (Å²) in [6.07, 6.45) is -2.02. The van der Waals surface area contributed by atoms with Crippen molar-refractivity contribution in [3.05, 3.63) is 23.8 Å². The van der Waals surface area contributed by atoms with Crippen LogP contribution in [0.15, 0.2) is 18.2 Å². The molecule has 0 aliphatic carbocycles. The highest BCUT2D eigenvalue weighted by atomic mass is 35.5. The lowest BCUT2D eigenvalue weighted by atomic mass is 10.1. The van der Waals surface area contributed by atoms with Gasteiger partial charge in [0.15, 0.2) is 0 Å². The van der Waals surface area contributed by atoms with Crippen LogP contribution in [0.25, 0.3) is 0 Å². The first-order valence-corrected chi connectivity index (χ1v) is 8.25. The van der Waals surface area contributed by atoms with Crippen LogP contribution < -0.4 is 14.8 Å². The zero-order valence-corrected chi connectivity index (χ0v) is 17.7. The van der Waals surface area contributed by atoms with Gasteiger partial charge in [0.25, 0.3) is 0 Å². The van der Waals surface area contributed by atoms with Crippen molar-refractivity contribution in [2.45, 2.75) is 32.4 Å². The maximum atomic E-state index is 11.8. The highest BCUT2D eigenvalue weighted by Crippen LogP contribution is 2.27. The van der Waals surface area contributed by atoms with Crippen molar-refractivity contribution in [1.82, 2.24) is 15.1 Å². The molecule has 154 valence electrons. The van der Waals surface area contributed by atoms with Crippen LogP contribution in [-0.4, -0.2) is 67.4 Å². The molecule has 0 heterocycles. The molecule has 1 atom stereocenters. The number of ether oxygens (including phenoxy) is 2. The third kappa shape index (κ3) is 8.94. The predicted molar refractivity (Wildman–Crippen MR) is 106 cm³/mol. The monoisotopic (exact) mass is 403 g/mol. The fraction of sp³-hybridized carbons (Fsp3) is 0.556. The molecule has 2 amide bonds. The Hall–Kier alpha value is -2.03. The van der Waals surface area contributed by atoms with E-state index in [2.05, 4.69) is 5.32 Å². The van der Waals surface area contributed by atoms with Gasteiger partial charge < -0.3 is 29.7 Å². The third-order valence-electron chi connectivity index (χ3n) is 3.25. The molecule has 9 heteroatoms. The van der Waals surface area contributed by atoms with Crippen molar-refractivity contribution < 1.29 is 24.2 Å². The molecule has 1 rings (SSSR count). The van der Waals surface area contributed by atoms with Gasteiger partial charge >= 0.3 is 12.2 Å². The van der Waals surface area contributed by atoms with E-state index < -0.39 is 18.3 Å². The standard InChI is InChI=1S/C18H29N3O5.ClH/c1-18(2,3)19-11-15(22)12-8-13(25-16(23)20(4)5)10-14(9-12)26-17(24)21(6)7;/h8-10,15,19,22H,11H2,1-7H3;1H/t15-;/m1./s1. The van der Waals surface area contributed by atoms with Gasteiger partial charge in [0.05, 0.1) is 6.10 Å².